The lowest BCUT2D eigenvalue weighted by Gasteiger charge is -2.33. The molecule has 0 saturated heterocycles. The lowest BCUT2D eigenvalue weighted by atomic mass is 9.79. The molecule has 1 aromatic carbocycles. The van der Waals surface area contributed by atoms with E-state index in [-0.39, 0.29) is 22.3 Å². The molecule has 0 bridgehead atoms. The van der Waals surface area contributed by atoms with Crippen molar-refractivity contribution < 1.29 is 9.72 Å². The number of benzene rings is 1. The smallest absolute Gasteiger partial charge is 0.283 e. The molecule has 0 spiro atoms. The number of carbonyl (C=O) groups is 1. The molecule has 4 rings (SSSR count). The van der Waals surface area contributed by atoms with Gasteiger partial charge in [-0.1, -0.05) is 6.07 Å². The van der Waals surface area contributed by atoms with Crippen molar-refractivity contribution in [1.29, 1.82) is 0 Å². The first kappa shape index (κ1) is 15.9. The number of nitrogens with one attached hydrogen (secondary N) is 1. The van der Waals surface area contributed by atoms with Gasteiger partial charge in [0.15, 0.2) is 5.78 Å². The van der Waals surface area contributed by atoms with Crippen molar-refractivity contribution in [2.24, 2.45) is 0 Å². The standard InChI is InChI=1S/C17H15BrN2O3S/c18-10-5-4-9(8-13(10)20(22)23)15-16-11(2-1-3-14(16)21)19-12-6-7-24-17(12)15/h4-5,8,15,19H,1-3,6-7H2. The minimum Gasteiger partial charge on any atom is -0.361 e. The molecule has 1 aliphatic carbocycles. The summed E-state index contributed by atoms with van der Waals surface area (Å²) in [5.41, 5.74) is 3.88. The predicted molar refractivity (Wildman–Crippen MR) is 96.7 cm³/mol. The van der Waals surface area contributed by atoms with Crippen LogP contribution in [0.1, 0.15) is 37.2 Å². The Morgan fingerprint density at radius 1 is 1.25 bits per heavy atom. The van der Waals surface area contributed by atoms with E-state index in [1.807, 2.05) is 6.07 Å². The summed E-state index contributed by atoms with van der Waals surface area (Å²) < 4.78 is 0.461. The van der Waals surface area contributed by atoms with E-state index in [1.54, 1.807) is 23.9 Å². The van der Waals surface area contributed by atoms with Gasteiger partial charge in [-0.2, -0.15) is 0 Å². The largest absolute Gasteiger partial charge is 0.361 e. The topological polar surface area (TPSA) is 72.2 Å². The molecule has 0 aromatic heterocycles. The molecule has 3 aliphatic rings. The van der Waals surface area contributed by atoms with Gasteiger partial charge in [0.2, 0.25) is 0 Å². The van der Waals surface area contributed by atoms with Gasteiger partial charge in [-0.25, -0.2) is 0 Å². The van der Waals surface area contributed by atoms with Crippen LogP contribution in [0.25, 0.3) is 0 Å². The van der Waals surface area contributed by atoms with Gasteiger partial charge in [-0.15, -0.1) is 11.8 Å². The second kappa shape index (κ2) is 6.04. The predicted octanol–water partition coefficient (Wildman–Crippen LogP) is 4.40. The van der Waals surface area contributed by atoms with Crippen molar-refractivity contribution in [1.82, 2.24) is 5.32 Å². The number of nitro benzene ring substituents is 1. The fourth-order valence-corrected chi connectivity index (χ4v) is 5.33. The van der Waals surface area contributed by atoms with E-state index >= 15 is 0 Å². The van der Waals surface area contributed by atoms with Crippen LogP contribution in [0, 0.1) is 10.1 Å². The van der Waals surface area contributed by atoms with Gasteiger partial charge in [0.05, 0.1) is 9.40 Å². The van der Waals surface area contributed by atoms with E-state index in [9.17, 15) is 14.9 Å². The summed E-state index contributed by atoms with van der Waals surface area (Å²) in [7, 11) is 0. The molecule has 1 atom stereocenters. The van der Waals surface area contributed by atoms with Crippen molar-refractivity contribution in [3.8, 4) is 0 Å². The Labute approximate surface area is 151 Å². The van der Waals surface area contributed by atoms with Crippen LogP contribution >= 0.6 is 27.7 Å². The summed E-state index contributed by atoms with van der Waals surface area (Å²) in [6.07, 6.45) is 3.26. The first-order chi connectivity index (χ1) is 11.6. The number of allylic oxidation sites excluding steroid dienone is 4. The van der Waals surface area contributed by atoms with E-state index in [2.05, 4.69) is 21.2 Å². The molecule has 7 heteroatoms. The quantitative estimate of drug-likeness (QED) is 0.581. The van der Waals surface area contributed by atoms with Gasteiger partial charge in [0.1, 0.15) is 0 Å². The maximum absolute atomic E-state index is 12.6. The molecule has 124 valence electrons. The van der Waals surface area contributed by atoms with E-state index in [0.717, 1.165) is 46.8 Å². The molecule has 2 aliphatic heterocycles. The van der Waals surface area contributed by atoms with Crippen LogP contribution in [-0.4, -0.2) is 16.5 Å². The maximum atomic E-state index is 12.6. The summed E-state index contributed by atoms with van der Waals surface area (Å²) in [6.45, 7) is 0. The maximum Gasteiger partial charge on any atom is 0.283 e. The Morgan fingerprint density at radius 3 is 2.88 bits per heavy atom. The fourth-order valence-electron chi connectivity index (χ4n) is 3.66. The first-order valence-corrected chi connectivity index (χ1v) is 9.67. The Morgan fingerprint density at radius 2 is 2.08 bits per heavy atom. The van der Waals surface area contributed by atoms with E-state index < -0.39 is 0 Å². The van der Waals surface area contributed by atoms with Gasteiger partial charge in [-0.05, 0) is 46.8 Å². The number of hydrogen-bond donors (Lipinski definition) is 1. The zero-order valence-corrected chi connectivity index (χ0v) is 15.2. The van der Waals surface area contributed by atoms with Crippen LogP contribution in [0.4, 0.5) is 5.69 Å². The zero-order chi connectivity index (χ0) is 16.8. The zero-order valence-electron chi connectivity index (χ0n) is 12.8. The number of carbonyl (C=O) groups excluding carboxylic acids is 1. The number of nitro groups is 1. The van der Waals surface area contributed by atoms with Crippen LogP contribution < -0.4 is 5.32 Å². The SMILES string of the molecule is O=C1CCCC2=C1C(c1ccc(Br)c([N+](=O)[O-])c1)C1=C(CCS1)N2. The monoisotopic (exact) mass is 406 g/mol. The molecule has 0 radical (unpaired) electrons. The molecular weight excluding hydrogens is 392 g/mol. The number of ketones is 1. The highest BCUT2D eigenvalue weighted by Crippen LogP contribution is 2.50. The van der Waals surface area contributed by atoms with E-state index in [1.165, 1.54) is 5.70 Å². The number of nitrogens with zero attached hydrogens (tertiary/aromatic N) is 1. The van der Waals surface area contributed by atoms with Crippen molar-refractivity contribution in [3.63, 3.8) is 0 Å². The van der Waals surface area contributed by atoms with E-state index in [0.29, 0.717) is 10.9 Å². The second-order valence-corrected chi connectivity index (χ2v) is 8.13. The number of dihydropyridines is 1. The lowest BCUT2D eigenvalue weighted by Crippen LogP contribution is -2.30. The summed E-state index contributed by atoms with van der Waals surface area (Å²) in [6, 6.07) is 5.21. The third kappa shape index (κ3) is 2.50. The number of Topliss-reactive ketones (excluding diaryl/α,β-unsaturated/α-hetero) is 1. The average molecular weight is 407 g/mol. The molecular formula is C17H15BrN2O3S. The summed E-state index contributed by atoms with van der Waals surface area (Å²) in [5, 5.41) is 14.8. The molecule has 1 N–H and O–H groups in total. The number of thioether (sulfide) groups is 1. The highest BCUT2D eigenvalue weighted by atomic mass is 79.9. The summed E-state index contributed by atoms with van der Waals surface area (Å²) >= 11 is 5.00. The van der Waals surface area contributed by atoms with Crippen molar-refractivity contribution in [2.45, 2.75) is 31.6 Å². The Bertz CT molecular complexity index is 831. The second-order valence-electron chi connectivity index (χ2n) is 6.14. The minimum absolute atomic E-state index is 0.0431. The number of rotatable bonds is 2. The third-order valence-electron chi connectivity index (χ3n) is 4.72. The van der Waals surface area contributed by atoms with Crippen molar-refractivity contribution in [3.05, 3.63) is 60.2 Å². The minimum atomic E-state index is -0.385. The molecule has 1 unspecified atom stereocenters. The van der Waals surface area contributed by atoms with Gasteiger partial charge in [-0.3, -0.25) is 14.9 Å². The molecule has 0 fully saturated rings. The first-order valence-electron chi connectivity index (χ1n) is 7.89. The van der Waals surface area contributed by atoms with Crippen LogP contribution in [0.3, 0.4) is 0 Å². The third-order valence-corrected chi connectivity index (χ3v) is 6.59. The van der Waals surface area contributed by atoms with Crippen molar-refractivity contribution >= 4 is 39.2 Å². The van der Waals surface area contributed by atoms with Crippen LogP contribution in [0.2, 0.25) is 0 Å². The van der Waals surface area contributed by atoms with Gasteiger partial charge in [0, 0.05) is 46.0 Å². The van der Waals surface area contributed by atoms with Crippen LogP contribution in [-0.2, 0) is 4.79 Å². The highest BCUT2D eigenvalue weighted by molar-refractivity contribution is 9.10. The Hall–Kier alpha value is -1.60. The number of halogens is 1. The lowest BCUT2D eigenvalue weighted by molar-refractivity contribution is -0.385. The van der Waals surface area contributed by atoms with Gasteiger partial charge >= 0.3 is 0 Å². The molecule has 2 heterocycles. The van der Waals surface area contributed by atoms with Gasteiger partial charge in [0.25, 0.3) is 5.69 Å². The molecule has 0 amide bonds. The fraction of sp³-hybridized carbons (Fsp3) is 0.353. The normalized spacial score (nSPS) is 23.0. The average Bonchev–Trinajstić information content (AvgIpc) is 3.01. The summed E-state index contributed by atoms with van der Waals surface area (Å²) in [5.74, 6) is 0.989. The summed E-state index contributed by atoms with van der Waals surface area (Å²) in [4.78, 5) is 24.7. The van der Waals surface area contributed by atoms with Gasteiger partial charge < -0.3 is 5.32 Å². The van der Waals surface area contributed by atoms with Crippen molar-refractivity contribution in [2.75, 3.05) is 5.75 Å². The Balaban J connectivity index is 1.88. The number of hydrogen-bond acceptors (Lipinski definition) is 5. The highest BCUT2D eigenvalue weighted by Gasteiger charge is 2.38. The van der Waals surface area contributed by atoms with Crippen LogP contribution in [0.5, 0.6) is 0 Å². The Kier molecular flexibility index (Phi) is 4.00. The van der Waals surface area contributed by atoms with Crippen LogP contribution in [0.15, 0.2) is 44.5 Å². The molecule has 24 heavy (non-hydrogen) atoms. The van der Waals surface area contributed by atoms with E-state index in [4.69, 9.17) is 0 Å². The molecule has 0 saturated carbocycles. The molecule has 5 nitrogen and oxygen atoms in total. The molecule has 1 aromatic rings.